The van der Waals surface area contributed by atoms with Crippen molar-refractivity contribution in [3.63, 3.8) is 0 Å². The van der Waals surface area contributed by atoms with E-state index >= 15 is 0 Å². The first-order valence-electron chi connectivity index (χ1n) is 20.2. The fourth-order valence-corrected chi connectivity index (χ4v) is 7.80. The normalized spacial score (nSPS) is 12.4. The molecular weight excluding hydrogens is 653 g/mol. The Labute approximate surface area is 321 Å². The van der Waals surface area contributed by atoms with Crippen molar-refractivity contribution in [3.8, 4) is 39.1 Å². The summed E-state index contributed by atoms with van der Waals surface area (Å²) in [5.41, 5.74) is 9.50. The average molecular weight is 693 g/mol. The van der Waals surface area contributed by atoms with Crippen molar-refractivity contribution in [2.75, 3.05) is 4.90 Å². The summed E-state index contributed by atoms with van der Waals surface area (Å²) >= 11 is 0. The monoisotopic (exact) mass is 692 g/mol. The van der Waals surface area contributed by atoms with Crippen LogP contribution in [0.2, 0.25) is 0 Å². The van der Waals surface area contributed by atoms with Gasteiger partial charge in [0, 0.05) is 33.3 Å². The second-order valence-electron chi connectivity index (χ2n) is 13.4. The molecule has 54 heavy (non-hydrogen) atoms. The zero-order chi connectivity index (χ0) is 39.3. The van der Waals surface area contributed by atoms with Crippen LogP contribution in [-0.2, 0) is 0 Å². The molecule has 0 aliphatic rings. The molecule has 0 unspecified atom stereocenters. The molecule has 0 saturated carbocycles. The number of anilines is 3. The number of hydrogen-bond acceptors (Lipinski definition) is 1. The van der Waals surface area contributed by atoms with E-state index in [2.05, 4.69) is 89.5 Å². The third-order valence-electron chi connectivity index (χ3n) is 10.3. The molecule has 0 aliphatic carbocycles. The van der Waals surface area contributed by atoms with E-state index in [1.54, 1.807) is 0 Å². The molecule has 1 heterocycles. The van der Waals surface area contributed by atoms with Crippen LogP contribution in [0.3, 0.4) is 0 Å². The molecule has 10 rings (SSSR count). The predicted molar refractivity (Wildman–Crippen MR) is 229 cm³/mol. The lowest BCUT2D eigenvalue weighted by Crippen LogP contribution is -2.12. The minimum Gasteiger partial charge on any atom is -0.309 e. The van der Waals surface area contributed by atoms with Crippen LogP contribution in [0.15, 0.2) is 218 Å². The van der Waals surface area contributed by atoms with Gasteiger partial charge in [0.15, 0.2) is 0 Å². The molecule has 0 radical (unpaired) electrons. The molecule has 2 nitrogen and oxygen atoms in total. The zero-order valence-corrected chi connectivity index (χ0v) is 29.4. The van der Waals surface area contributed by atoms with Crippen molar-refractivity contribution in [1.29, 1.82) is 0 Å². The molecule has 0 fully saturated rings. The second-order valence-corrected chi connectivity index (χ2v) is 13.4. The number of fused-ring (bicyclic) bond motifs is 4. The average Bonchev–Trinajstić information content (AvgIpc) is 3.62. The number of aromatic nitrogens is 1. The summed E-state index contributed by atoms with van der Waals surface area (Å²) in [6.45, 7) is 0. The highest BCUT2D eigenvalue weighted by atomic mass is 15.1. The van der Waals surface area contributed by atoms with Gasteiger partial charge in [0.1, 0.15) is 0 Å². The lowest BCUT2D eigenvalue weighted by molar-refractivity contribution is 1.18. The van der Waals surface area contributed by atoms with E-state index < -0.39 is 0 Å². The Morgan fingerprint density at radius 2 is 0.981 bits per heavy atom. The molecule has 9 aromatic carbocycles. The summed E-state index contributed by atoms with van der Waals surface area (Å²) in [6.07, 6.45) is 0. The van der Waals surface area contributed by atoms with Crippen LogP contribution < -0.4 is 4.90 Å². The Morgan fingerprint density at radius 3 is 1.78 bits per heavy atom. The van der Waals surface area contributed by atoms with Gasteiger partial charge in [0.05, 0.1) is 27.9 Å². The second kappa shape index (κ2) is 13.4. The molecule has 254 valence electrons. The standard InChI is InChI=1S/C52H36N2/c1-3-17-39(18-4-1)44-22-9-12-26-48(44)53(43-34-32-38(33-35-43)41-31-30-37-16-7-8-19-40(37)36-41)49-27-13-10-23-45(49)46-25-15-29-51-52(46)47-24-11-14-28-50(47)54(51)42-20-5-2-6-21-42/h1-36H/i32D,33D,34D,35D. The SMILES string of the molecule is [2H]c1c([2H])c(N(c2ccccc2-c2ccccc2)c2ccccc2-c2cccc3c2c2ccccc2n3-c2ccccc2)c([2H])c([2H])c1-c1ccc2ccccc2c1. The molecule has 0 aliphatic heterocycles. The molecule has 0 spiro atoms. The fraction of sp³-hybridized carbons (Fsp3) is 0. The maximum absolute atomic E-state index is 9.77. The van der Waals surface area contributed by atoms with Crippen molar-refractivity contribution in [1.82, 2.24) is 4.57 Å². The summed E-state index contributed by atoms with van der Waals surface area (Å²) in [5.74, 6) is 0. The quantitative estimate of drug-likeness (QED) is 0.161. The number of nitrogens with zero attached hydrogens (tertiary/aromatic N) is 2. The number of benzene rings is 9. The van der Waals surface area contributed by atoms with Gasteiger partial charge in [-0.1, -0.05) is 164 Å². The first-order valence-corrected chi connectivity index (χ1v) is 18.2. The summed E-state index contributed by atoms with van der Waals surface area (Å²) in [6, 6.07) is 64.8. The molecule has 2 heteroatoms. The molecule has 0 atom stereocenters. The van der Waals surface area contributed by atoms with E-state index in [0.29, 0.717) is 5.56 Å². The van der Waals surface area contributed by atoms with Crippen LogP contribution in [0.4, 0.5) is 17.1 Å². The minimum atomic E-state index is -0.124. The van der Waals surface area contributed by atoms with Crippen LogP contribution in [0, 0.1) is 0 Å². The number of para-hydroxylation sites is 4. The third kappa shape index (κ3) is 5.44. The van der Waals surface area contributed by atoms with Crippen molar-refractivity contribution in [3.05, 3.63) is 218 Å². The zero-order valence-electron chi connectivity index (χ0n) is 33.4. The minimum absolute atomic E-state index is 0.0982. The van der Waals surface area contributed by atoms with Crippen molar-refractivity contribution in [2.45, 2.75) is 0 Å². The van der Waals surface area contributed by atoms with E-state index in [0.717, 1.165) is 71.9 Å². The van der Waals surface area contributed by atoms with Gasteiger partial charge in [0.25, 0.3) is 0 Å². The highest BCUT2D eigenvalue weighted by Gasteiger charge is 2.23. The van der Waals surface area contributed by atoms with Crippen molar-refractivity contribution >= 4 is 49.6 Å². The molecule has 0 bridgehead atoms. The molecular formula is C52H36N2. The van der Waals surface area contributed by atoms with Gasteiger partial charge in [-0.25, -0.2) is 0 Å². The maximum atomic E-state index is 9.77. The molecule has 0 N–H and O–H groups in total. The highest BCUT2D eigenvalue weighted by Crippen LogP contribution is 2.47. The van der Waals surface area contributed by atoms with E-state index in [9.17, 15) is 5.48 Å². The van der Waals surface area contributed by atoms with Gasteiger partial charge in [-0.3, -0.25) is 0 Å². The van der Waals surface area contributed by atoms with Crippen LogP contribution >= 0.6 is 0 Å². The van der Waals surface area contributed by atoms with Gasteiger partial charge in [-0.05, 0) is 87.6 Å². The first-order chi connectivity index (χ1) is 28.5. The number of hydrogen-bond donors (Lipinski definition) is 0. The summed E-state index contributed by atoms with van der Waals surface area (Å²) in [5, 5.41) is 4.19. The Balaban J connectivity index is 1.27. The molecule has 0 amide bonds. The summed E-state index contributed by atoms with van der Waals surface area (Å²) in [4.78, 5) is 1.94. The van der Waals surface area contributed by atoms with Crippen molar-refractivity contribution in [2.24, 2.45) is 0 Å². The fourth-order valence-electron chi connectivity index (χ4n) is 7.80. The van der Waals surface area contributed by atoms with Gasteiger partial charge < -0.3 is 9.47 Å². The first kappa shape index (κ1) is 27.5. The Morgan fingerprint density at radius 1 is 0.389 bits per heavy atom. The van der Waals surface area contributed by atoms with Gasteiger partial charge in [-0.15, -0.1) is 0 Å². The van der Waals surface area contributed by atoms with Gasteiger partial charge in [-0.2, -0.15) is 0 Å². The summed E-state index contributed by atoms with van der Waals surface area (Å²) < 4.78 is 40.9. The van der Waals surface area contributed by atoms with Crippen molar-refractivity contribution < 1.29 is 5.48 Å². The largest absolute Gasteiger partial charge is 0.309 e. The topological polar surface area (TPSA) is 8.17 Å². The molecule has 10 aromatic rings. The highest BCUT2D eigenvalue weighted by molar-refractivity contribution is 6.17. The Bertz CT molecular complexity index is 3140. The van der Waals surface area contributed by atoms with E-state index in [1.165, 1.54) is 0 Å². The predicted octanol–water partition coefficient (Wildman–Crippen LogP) is 14.4. The van der Waals surface area contributed by atoms with Crippen LogP contribution in [0.1, 0.15) is 5.48 Å². The van der Waals surface area contributed by atoms with Crippen LogP contribution in [-0.4, -0.2) is 4.57 Å². The Kier molecular flexibility index (Phi) is 6.84. The van der Waals surface area contributed by atoms with E-state index in [4.69, 9.17) is 0 Å². The van der Waals surface area contributed by atoms with Crippen LogP contribution in [0.25, 0.3) is 71.6 Å². The van der Waals surface area contributed by atoms with E-state index in [-0.39, 0.29) is 35.4 Å². The van der Waals surface area contributed by atoms with Gasteiger partial charge in [0.2, 0.25) is 0 Å². The molecule has 0 saturated heterocycles. The Hall–Kier alpha value is -7.16. The smallest absolute Gasteiger partial charge is 0.0645 e. The van der Waals surface area contributed by atoms with Crippen LogP contribution in [0.5, 0.6) is 0 Å². The van der Waals surface area contributed by atoms with E-state index in [1.807, 2.05) is 114 Å². The van der Waals surface area contributed by atoms with Gasteiger partial charge >= 0.3 is 0 Å². The molecule has 1 aromatic heterocycles. The summed E-state index contributed by atoms with van der Waals surface area (Å²) in [7, 11) is 0. The third-order valence-corrected chi connectivity index (χ3v) is 10.3. The lowest BCUT2D eigenvalue weighted by Gasteiger charge is -2.30. The number of rotatable bonds is 7. The maximum Gasteiger partial charge on any atom is 0.0645 e. The lowest BCUT2D eigenvalue weighted by atomic mass is 9.95.